The number of piperidine rings is 1. The van der Waals surface area contributed by atoms with Crippen molar-refractivity contribution in [1.29, 1.82) is 0 Å². The number of rotatable bonds is 6. The second-order valence-electron chi connectivity index (χ2n) is 11.5. The van der Waals surface area contributed by atoms with E-state index in [0.717, 1.165) is 20.5 Å². The van der Waals surface area contributed by atoms with Crippen LogP contribution in [-0.4, -0.2) is 59.3 Å². The van der Waals surface area contributed by atoms with Crippen molar-refractivity contribution in [2.45, 2.75) is 70.2 Å². The Morgan fingerprint density at radius 3 is 2.29 bits per heavy atom. The highest BCUT2D eigenvalue weighted by atomic mass is 79.9. The summed E-state index contributed by atoms with van der Waals surface area (Å²) in [5.74, 6) is -1.91. The number of amides is 2. The topological polar surface area (TPSA) is 49.9 Å². The van der Waals surface area contributed by atoms with E-state index in [1.165, 1.54) is 0 Å². The minimum absolute atomic E-state index is 0.0198. The molecule has 2 unspecified atom stereocenters. The molecular formula is C29H34BrF3N2O3. The summed E-state index contributed by atoms with van der Waals surface area (Å²) in [6.45, 7) is 6.07. The number of hydrogen-bond acceptors (Lipinski definition) is 3. The van der Waals surface area contributed by atoms with E-state index in [-0.39, 0.29) is 12.5 Å². The molecule has 2 aromatic rings. The minimum Gasteiger partial charge on any atom is -0.444 e. The third kappa shape index (κ3) is 7.10. The Hall–Kier alpha value is -2.55. The smallest absolute Gasteiger partial charge is 0.444 e. The molecule has 2 aromatic carbocycles. The Morgan fingerprint density at radius 1 is 1.05 bits per heavy atom. The van der Waals surface area contributed by atoms with Crippen LogP contribution in [0.1, 0.15) is 57.1 Å². The van der Waals surface area contributed by atoms with E-state index in [2.05, 4.69) is 15.9 Å². The van der Waals surface area contributed by atoms with E-state index in [1.54, 1.807) is 25.7 Å². The Labute approximate surface area is 230 Å². The Bertz CT molecular complexity index is 1140. The number of carbonyl (C=O) groups is 2. The van der Waals surface area contributed by atoms with Crippen LogP contribution in [0.3, 0.4) is 0 Å². The number of alkyl halides is 3. The quantitative estimate of drug-likeness (QED) is 0.363. The Balaban J connectivity index is 1.60. The highest BCUT2D eigenvalue weighted by Gasteiger charge is 2.54. The fourth-order valence-corrected chi connectivity index (χ4v) is 5.86. The van der Waals surface area contributed by atoms with E-state index in [4.69, 9.17) is 4.74 Å². The highest BCUT2D eigenvalue weighted by molar-refractivity contribution is 9.10. The number of likely N-dealkylation sites (tertiary alicyclic amines) is 1. The molecule has 2 amide bonds. The van der Waals surface area contributed by atoms with Crippen LogP contribution >= 0.6 is 15.9 Å². The first kappa shape index (κ1) is 28.5. The van der Waals surface area contributed by atoms with Crippen molar-refractivity contribution in [1.82, 2.24) is 9.80 Å². The van der Waals surface area contributed by atoms with Crippen molar-refractivity contribution < 1.29 is 27.5 Å². The Kier molecular flexibility index (Phi) is 8.17. The molecule has 0 bridgehead atoms. The fourth-order valence-electron chi connectivity index (χ4n) is 5.41. The molecule has 9 heteroatoms. The van der Waals surface area contributed by atoms with Gasteiger partial charge in [0.25, 0.3) is 0 Å². The largest absolute Gasteiger partial charge is 0.471 e. The molecule has 2 aliphatic rings. The van der Waals surface area contributed by atoms with Crippen molar-refractivity contribution >= 4 is 27.9 Å². The number of halogens is 4. The van der Waals surface area contributed by atoms with Crippen molar-refractivity contribution in [3.63, 3.8) is 0 Å². The molecule has 0 aromatic heterocycles. The maximum atomic E-state index is 13.8. The summed E-state index contributed by atoms with van der Waals surface area (Å²) < 4.78 is 47.9. The average molecular weight is 596 g/mol. The van der Waals surface area contributed by atoms with Crippen LogP contribution in [0.4, 0.5) is 18.0 Å². The van der Waals surface area contributed by atoms with Gasteiger partial charge in [-0.3, -0.25) is 4.79 Å². The third-order valence-electron chi connectivity index (χ3n) is 7.34. The summed E-state index contributed by atoms with van der Waals surface area (Å²) >= 11 is 3.49. The van der Waals surface area contributed by atoms with Crippen molar-refractivity contribution in [2.24, 2.45) is 5.41 Å². The van der Waals surface area contributed by atoms with Crippen LogP contribution in [0.15, 0.2) is 59.1 Å². The van der Waals surface area contributed by atoms with Gasteiger partial charge in [-0.1, -0.05) is 58.4 Å². The predicted molar refractivity (Wildman–Crippen MR) is 143 cm³/mol. The van der Waals surface area contributed by atoms with Gasteiger partial charge in [0.05, 0.1) is 0 Å². The van der Waals surface area contributed by atoms with Crippen molar-refractivity contribution in [3.05, 3.63) is 70.2 Å². The molecule has 0 N–H and O–H groups in total. The van der Waals surface area contributed by atoms with Crippen LogP contribution in [0, 0.1) is 5.41 Å². The first-order chi connectivity index (χ1) is 17.8. The molecule has 2 fully saturated rings. The third-order valence-corrected chi connectivity index (χ3v) is 7.83. The van der Waals surface area contributed by atoms with Gasteiger partial charge in [-0.25, -0.2) is 4.79 Å². The van der Waals surface area contributed by atoms with E-state index in [1.807, 2.05) is 54.6 Å². The van der Waals surface area contributed by atoms with Crippen LogP contribution in [0.25, 0.3) is 0 Å². The molecule has 4 rings (SSSR count). The average Bonchev–Trinajstić information content (AvgIpc) is 3.62. The number of hydrogen-bond donors (Lipinski definition) is 0. The van der Waals surface area contributed by atoms with Crippen molar-refractivity contribution in [3.8, 4) is 0 Å². The predicted octanol–water partition coefficient (Wildman–Crippen LogP) is 6.96. The number of nitrogens with zero attached hydrogens (tertiary/aromatic N) is 2. The van der Waals surface area contributed by atoms with Gasteiger partial charge in [-0.15, -0.1) is 0 Å². The molecule has 206 valence electrons. The normalized spacial score (nSPS) is 21.1. The molecule has 1 aliphatic heterocycles. The number of ether oxygens (including phenoxy) is 1. The van der Waals surface area contributed by atoms with Gasteiger partial charge in [0.2, 0.25) is 0 Å². The zero-order valence-electron chi connectivity index (χ0n) is 21.9. The first-order valence-electron chi connectivity index (χ1n) is 12.9. The van der Waals surface area contributed by atoms with E-state index in [0.29, 0.717) is 38.8 Å². The summed E-state index contributed by atoms with van der Waals surface area (Å²) in [5.41, 5.74) is 0.651. The van der Waals surface area contributed by atoms with E-state index >= 15 is 0 Å². The van der Waals surface area contributed by atoms with Gasteiger partial charge in [0, 0.05) is 36.1 Å². The van der Waals surface area contributed by atoms with Gasteiger partial charge in [0.15, 0.2) is 0 Å². The van der Waals surface area contributed by atoms with Gasteiger partial charge in [-0.05, 0) is 75.1 Å². The molecule has 38 heavy (non-hydrogen) atoms. The zero-order valence-corrected chi connectivity index (χ0v) is 23.5. The van der Waals surface area contributed by atoms with E-state index in [9.17, 15) is 22.8 Å². The van der Waals surface area contributed by atoms with Gasteiger partial charge in [-0.2, -0.15) is 13.2 Å². The van der Waals surface area contributed by atoms with Gasteiger partial charge < -0.3 is 14.5 Å². The summed E-state index contributed by atoms with van der Waals surface area (Å²) in [6, 6.07) is 16.6. The lowest BCUT2D eigenvalue weighted by molar-refractivity contribution is -0.188. The van der Waals surface area contributed by atoms with Crippen LogP contribution < -0.4 is 0 Å². The summed E-state index contributed by atoms with van der Waals surface area (Å²) in [6.07, 6.45) is -3.46. The molecular weight excluding hydrogens is 561 g/mol. The number of carbonyl (C=O) groups excluding carboxylic acids is 2. The maximum absolute atomic E-state index is 13.8. The molecule has 1 saturated carbocycles. The maximum Gasteiger partial charge on any atom is 0.471 e. The summed E-state index contributed by atoms with van der Waals surface area (Å²) in [5, 5.41) is 0. The fraction of sp³-hybridized carbons (Fsp3) is 0.517. The lowest BCUT2D eigenvalue weighted by atomic mass is 9.73. The molecule has 0 radical (unpaired) electrons. The Morgan fingerprint density at radius 2 is 1.71 bits per heavy atom. The van der Waals surface area contributed by atoms with Gasteiger partial charge in [0.1, 0.15) is 5.60 Å². The SMILES string of the molecule is CC(C)(C)OC(=O)N1CCC(Cc2cccc(Br)c2)(CN(C(=O)C(F)(F)F)C2CC2c2ccccc2)CC1. The van der Waals surface area contributed by atoms with Crippen LogP contribution in [0.2, 0.25) is 0 Å². The molecule has 1 saturated heterocycles. The van der Waals surface area contributed by atoms with Gasteiger partial charge >= 0.3 is 18.2 Å². The standard InChI is InChI=1S/C29H34BrF3N2O3/c1-27(2,3)38-26(37)34-14-12-28(13-15-34,18-20-8-7-11-22(30)16-20)19-35(25(36)29(31,32)33)24-17-23(24)21-9-5-4-6-10-21/h4-11,16,23-24H,12-15,17-19H2,1-3H3. The molecule has 1 heterocycles. The van der Waals surface area contributed by atoms with Crippen molar-refractivity contribution in [2.75, 3.05) is 19.6 Å². The van der Waals surface area contributed by atoms with E-state index < -0.39 is 35.2 Å². The molecule has 2 atom stereocenters. The highest BCUT2D eigenvalue weighted by Crippen LogP contribution is 2.48. The zero-order chi connectivity index (χ0) is 27.7. The second-order valence-corrected chi connectivity index (χ2v) is 12.4. The van der Waals surface area contributed by atoms with Crippen LogP contribution in [0.5, 0.6) is 0 Å². The number of benzene rings is 2. The summed E-state index contributed by atoms with van der Waals surface area (Å²) in [4.78, 5) is 28.2. The molecule has 1 aliphatic carbocycles. The van der Waals surface area contributed by atoms with Crippen LogP contribution in [-0.2, 0) is 16.0 Å². The monoisotopic (exact) mass is 594 g/mol. The lowest BCUT2D eigenvalue weighted by Crippen LogP contribution is -2.53. The minimum atomic E-state index is -4.96. The summed E-state index contributed by atoms with van der Waals surface area (Å²) in [7, 11) is 0. The second kappa shape index (κ2) is 10.9. The lowest BCUT2D eigenvalue weighted by Gasteiger charge is -2.45. The first-order valence-corrected chi connectivity index (χ1v) is 13.7. The molecule has 0 spiro atoms. The molecule has 5 nitrogen and oxygen atoms in total.